The summed E-state index contributed by atoms with van der Waals surface area (Å²) in [6.45, 7) is 3.17. The standard InChI is InChI=1S/C30H25N/c1-2-31-29-19-17-25(15-13-23-9-5-3-6-10-23)21-27(29)28-22-26(18-20-30(28)31)16-14-24-11-7-4-8-12-24/h3-22H,2H2,1H3. The average Bonchev–Trinajstić information content (AvgIpc) is 3.15. The van der Waals surface area contributed by atoms with E-state index < -0.39 is 0 Å². The predicted octanol–water partition coefficient (Wildman–Crippen LogP) is 8.16. The first kappa shape index (κ1) is 19.1. The minimum Gasteiger partial charge on any atom is -0.341 e. The monoisotopic (exact) mass is 399 g/mol. The summed E-state index contributed by atoms with van der Waals surface area (Å²) in [4.78, 5) is 0. The van der Waals surface area contributed by atoms with Gasteiger partial charge in [-0.25, -0.2) is 0 Å². The van der Waals surface area contributed by atoms with Crippen LogP contribution in [0, 0.1) is 0 Å². The maximum absolute atomic E-state index is 2.40. The van der Waals surface area contributed by atoms with Crippen LogP contribution in [0.3, 0.4) is 0 Å². The summed E-state index contributed by atoms with van der Waals surface area (Å²) >= 11 is 0. The van der Waals surface area contributed by atoms with Crippen LogP contribution in [0.25, 0.3) is 46.1 Å². The fourth-order valence-corrected chi connectivity index (χ4v) is 4.20. The Morgan fingerprint density at radius 3 is 1.35 bits per heavy atom. The van der Waals surface area contributed by atoms with Crippen molar-refractivity contribution in [1.82, 2.24) is 4.57 Å². The molecule has 1 nitrogen and oxygen atoms in total. The van der Waals surface area contributed by atoms with E-state index >= 15 is 0 Å². The molecule has 31 heavy (non-hydrogen) atoms. The lowest BCUT2D eigenvalue weighted by molar-refractivity contribution is 0.827. The first-order valence-corrected chi connectivity index (χ1v) is 10.8. The lowest BCUT2D eigenvalue weighted by atomic mass is 10.1. The van der Waals surface area contributed by atoms with Crippen LogP contribution < -0.4 is 0 Å². The predicted molar refractivity (Wildman–Crippen MR) is 136 cm³/mol. The van der Waals surface area contributed by atoms with Gasteiger partial charge < -0.3 is 4.57 Å². The molecule has 1 aromatic heterocycles. The van der Waals surface area contributed by atoms with Crippen LogP contribution in [-0.4, -0.2) is 4.57 Å². The van der Waals surface area contributed by atoms with Gasteiger partial charge in [0.1, 0.15) is 0 Å². The van der Waals surface area contributed by atoms with Gasteiger partial charge in [0.15, 0.2) is 0 Å². The number of rotatable bonds is 5. The van der Waals surface area contributed by atoms with Crippen molar-refractivity contribution in [2.75, 3.05) is 0 Å². The van der Waals surface area contributed by atoms with E-state index in [4.69, 9.17) is 0 Å². The summed E-state index contributed by atoms with van der Waals surface area (Å²) in [6, 6.07) is 34.5. The first-order chi connectivity index (χ1) is 15.3. The summed E-state index contributed by atoms with van der Waals surface area (Å²) < 4.78 is 2.40. The highest BCUT2D eigenvalue weighted by molar-refractivity contribution is 6.09. The second-order valence-electron chi connectivity index (χ2n) is 7.79. The van der Waals surface area contributed by atoms with Gasteiger partial charge in [0.25, 0.3) is 0 Å². The van der Waals surface area contributed by atoms with Crippen LogP contribution in [0.4, 0.5) is 0 Å². The Bertz CT molecular complexity index is 1280. The third kappa shape index (κ3) is 3.95. The molecule has 0 N–H and O–H groups in total. The van der Waals surface area contributed by atoms with Gasteiger partial charge in [0.2, 0.25) is 0 Å². The maximum Gasteiger partial charge on any atom is 0.0491 e. The Balaban J connectivity index is 1.58. The molecule has 0 atom stereocenters. The Morgan fingerprint density at radius 1 is 0.516 bits per heavy atom. The van der Waals surface area contributed by atoms with Crippen LogP contribution in [0.5, 0.6) is 0 Å². The van der Waals surface area contributed by atoms with Gasteiger partial charge in [0, 0.05) is 28.4 Å². The van der Waals surface area contributed by atoms with Crippen LogP contribution in [-0.2, 0) is 6.54 Å². The van der Waals surface area contributed by atoms with E-state index in [1.807, 2.05) is 12.1 Å². The molecule has 1 heteroatoms. The van der Waals surface area contributed by atoms with Gasteiger partial charge in [-0.2, -0.15) is 0 Å². The Labute approximate surface area is 183 Å². The number of hydrogen-bond donors (Lipinski definition) is 0. The lowest BCUT2D eigenvalue weighted by Crippen LogP contribution is -1.92. The van der Waals surface area contributed by atoms with E-state index in [1.54, 1.807) is 0 Å². The molecule has 0 saturated carbocycles. The van der Waals surface area contributed by atoms with E-state index in [-0.39, 0.29) is 0 Å². The minimum atomic E-state index is 0.957. The quantitative estimate of drug-likeness (QED) is 0.263. The number of fused-ring (bicyclic) bond motifs is 3. The zero-order chi connectivity index (χ0) is 21.0. The third-order valence-corrected chi connectivity index (χ3v) is 5.76. The van der Waals surface area contributed by atoms with Crippen LogP contribution >= 0.6 is 0 Å². The Kier molecular flexibility index (Phi) is 5.24. The highest BCUT2D eigenvalue weighted by atomic mass is 15.0. The normalized spacial score (nSPS) is 11.9. The summed E-state index contributed by atoms with van der Waals surface area (Å²) in [5.41, 5.74) is 7.45. The summed E-state index contributed by atoms with van der Waals surface area (Å²) in [5.74, 6) is 0. The number of aryl methyl sites for hydroxylation is 1. The SMILES string of the molecule is CCn1c2ccc(C=Cc3ccccc3)cc2c2cc(C=Cc3ccccc3)ccc21. The second kappa shape index (κ2) is 8.49. The molecule has 4 aromatic carbocycles. The van der Waals surface area contributed by atoms with Crippen molar-refractivity contribution in [2.24, 2.45) is 0 Å². The molecule has 0 amide bonds. The summed E-state index contributed by atoms with van der Waals surface area (Å²) in [7, 11) is 0. The van der Waals surface area contributed by atoms with Crippen molar-refractivity contribution in [1.29, 1.82) is 0 Å². The molecule has 0 aliphatic rings. The molecule has 150 valence electrons. The molecule has 0 spiro atoms. The smallest absolute Gasteiger partial charge is 0.0491 e. The maximum atomic E-state index is 2.40. The molecule has 0 radical (unpaired) electrons. The average molecular weight is 400 g/mol. The van der Waals surface area contributed by atoms with E-state index in [0.29, 0.717) is 0 Å². The zero-order valence-electron chi connectivity index (χ0n) is 17.7. The minimum absolute atomic E-state index is 0.957. The highest BCUT2D eigenvalue weighted by Gasteiger charge is 2.10. The summed E-state index contributed by atoms with van der Waals surface area (Å²) in [6.07, 6.45) is 8.74. The molecule has 1 heterocycles. The number of benzene rings is 4. The van der Waals surface area contributed by atoms with Crippen molar-refractivity contribution in [3.8, 4) is 0 Å². The summed E-state index contributed by atoms with van der Waals surface area (Å²) in [5, 5.41) is 2.61. The van der Waals surface area contributed by atoms with Crippen molar-refractivity contribution in [3.05, 3.63) is 119 Å². The van der Waals surface area contributed by atoms with E-state index in [2.05, 4.69) is 121 Å². The molecule has 5 rings (SSSR count). The number of hydrogen-bond acceptors (Lipinski definition) is 0. The zero-order valence-corrected chi connectivity index (χ0v) is 17.7. The van der Waals surface area contributed by atoms with Gasteiger partial charge >= 0.3 is 0 Å². The molecule has 0 saturated heterocycles. The molecule has 0 bridgehead atoms. The molecular formula is C30H25N. The van der Waals surface area contributed by atoms with E-state index in [1.165, 1.54) is 44.1 Å². The van der Waals surface area contributed by atoms with Gasteiger partial charge in [-0.15, -0.1) is 0 Å². The second-order valence-corrected chi connectivity index (χ2v) is 7.79. The molecular weight excluding hydrogens is 374 g/mol. The van der Waals surface area contributed by atoms with Crippen LogP contribution in [0.2, 0.25) is 0 Å². The van der Waals surface area contributed by atoms with E-state index in [9.17, 15) is 0 Å². The molecule has 0 fully saturated rings. The van der Waals surface area contributed by atoms with Crippen LogP contribution in [0.15, 0.2) is 97.1 Å². The van der Waals surface area contributed by atoms with Crippen molar-refractivity contribution in [3.63, 3.8) is 0 Å². The van der Waals surface area contributed by atoms with Gasteiger partial charge in [-0.05, 0) is 53.4 Å². The number of aromatic nitrogens is 1. The highest BCUT2D eigenvalue weighted by Crippen LogP contribution is 2.31. The van der Waals surface area contributed by atoms with Gasteiger partial charge in [-0.3, -0.25) is 0 Å². The van der Waals surface area contributed by atoms with Gasteiger partial charge in [-0.1, -0.05) is 97.1 Å². The molecule has 0 aliphatic heterocycles. The largest absolute Gasteiger partial charge is 0.341 e. The fraction of sp³-hybridized carbons (Fsp3) is 0.0667. The van der Waals surface area contributed by atoms with E-state index in [0.717, 1.165) is 6.54 Å². The van der Waals surface area contributed by atoms with Crippen molar-refractivity contribution < 1.29 is 0 Å². The molecule has 0 aliphatic carbocycles. The third-order valence-electron chi connectivity index (χ3n) is 5.76. The van der Waals surface area contributed by atoms with Gasteiger partial charge in [0.05, 0.1) is 0 Å². The van der Waals surface area contributed by atoms with Crippen LogP contribution in [0.1, 0.15) is 29.2 Å². The Hall–Kier alpha value is -3.84. The first-order valence-electron chi connectivity index (χ1n) is 10.8. The van der Waals surface area contributed by atoms with Crippen molar-refractivity contribution in [2.45, 2.75) is 13.5 Å². The number of nitrogens with zero attached hydrogens (tertiary/aromatic N) is 1. The molecule has 5 aromatic rings. The lowest BCUT2D eigenvalue weighted by Gasteiger charge is -2.03. The fourth-order valence-electron chi connectivity index (χ4n) is 4.20. The Morgan fingerprint density at radius 2 is 0.935 bits per heavy atom. The molecule has 0 unspecified atom stereocenters. The van der Waals surface area contributed by atoms with Crippen molar-refractivity contribution >= 4 is 46.1 Å². The topological polar surface area (TPSA) is 4.93 Å².